The molecule has 0 atom stereocenters. The molecule has 0 aliphatic carbocycles. The van der Waals surface area contributed by atoms with Crippen molar-refractivity contribution in [3.05, 3.63) is 51.9 Å². The number of halogens is 2. The van der Waals surface area contributed by atoms with Crippen LogP contribution in [0.4, 0.5) is 15.9 Å². The Bertz CT molecular complexity index is 591. The number of nitrogens with zero attached hydrogens (tertiary/aromatic N) is 1. The van der Waals surface area contributed by atoms with Crippen molar-refractivity contribution >= 4 is 23.1 Å². The van der Waals surface area contributed by atoms with Crippen molar-refractivity contribution < 1.29 is 4.39 Å². The van der Waals surface area contributed by atoms with E-state index in [1.165, 1.54) is 0 Å². The van der Waals surface area contributed by atoms with Crippen molar-refractivity contribution in [3.63, 3.8) is 0 Å². The van der Waals surface area contributed by atoms with Gasteiger partial charge in [0.2, 0.25) is 0 Å². The smallest absolute Gasteiger partial charge is 0.151 e. The summed E-state index contributed by atoms with van der Waals surface area (Å²) < 4.78 is 13.5. The first-order valence-corrected chi connectivity index (χ1v) is 6.26. The van der Waals surface area contributed by atoms with Crippen molar-refractivity contribution in [2.45, 2.75) is 20.4 Å². The van der Waals surface area contributed by atoms with Crippen molar-refractivity contribution in [1.29, 1.82) is 0 Å². The van der Waals surface area contributed by atoms with Crippen molar-refractivity contribution in [2.24, 2.45) is 0 Å². The highest BCUT2D eigenvalue weighted by Crippen LogP contribution is 2.20. The third kappa shape index (κ3) is 3.15. The minimum Gasteiger partial charge on any atom is -0.396 e. The van der Waals surface area contributed by atoms with Gasteiger partial charge in [0.25, 0.3) is 0 Å². The molecular weight excluding hydrogens is 265 g/mol. The van der Waals surface area contributed by atoms with Crippen LogP contribution in [-0.4, -0.2) is 4.98 Å². The molecule has 0 saturated heterocycles. The van der Waals surface area contributed by atoms with Gasteiger partial charge in [0.15, 0.2) is 5.82 Å². The Balaban J connectivity index is 2.17. The molecule has 2 aromatic rings. The van der Waals surface area contributed by atoms with E-state index in [1.54, 1.807) is 38.1 Å². The van der Waals surface area contributed by atoms with E-state index in [9.17, 15) is 4.39 Å². The highest BCUT2D eigenvalue weighted by Gasteiger charge is 2.06. The largest absolute Gasteiger partial charge is 0.396 e. The molecule has 1 aromatic heterocycles. The van der Waals surface area contributed by atoms with Gasteiger partial charge in [0.1, 0.15) is 11.0 Å². The van der Waals surface area contributed by atoms with Crippen LogP contribution in [0.3, 0.4) is 0 Å². The monoisotopic (exact) mass is 279 g/mol. The number of hydrogen-bond donors (Lipinski definition) is 2. The van der Waals surface area contributed by atoms with E-state index < -0.39 is 0 Å². The number of nitrogens with two attached hydrogens (primary N) is 1. The predicted molar refractivity (Wildman–Crippen MR) is 76.9 cm³/mol. The molecule has 19 heavy (non-hydrogen) atoms. The third-order valence-electron chi connectivity index (χ3n) is 2.85. The van der Waals surface area contributed by atoms with E-state index in [0.717, 1.165) is 5.56 Å². The van der Waals surface area contributed by atoms with Gasteiger partial charge in [0, 0.05) is 6.54 Å². The topological polar surface area (TPSA) is 50.9 Å². The fourth-order valence-electron chi connectivity index (χ4n) is 1.91. The summed E-state index contributed by atoms with van der Waals surface area (Å²) in [7, 11) is 0. The number of aromatic nitrogens is 1. The molecule has 0 radical (unpaired) electrons. The lowest BCUT2D eigenvalue weighted by Crippen LogP contribution is -2.05. The Morgan fingerprint density at radius 2 is 1.89 bits per heavy atom. The molecule has 1 aromatic carbocycles. The molecule has 0 aliphatic heterocycles. The average molecular weight is 280 g/mol. The van der Waals surface area contributed by atoms with E-state index in [4.69, 9.17) is 17.3 Å². The Labute approximate surface area is 116 Å². The number of benzene rings is 1. The van der Waals surface area contributed by atoms with Crippen molar-refractivity contribution in [2.75, 3.05) is 11.1 Å². The number of nitrogens with one attached hydrogen (secondary N) is 1. The van der Waals surface area contributed by atoms with Crippen molar-refractivity contribution in [1.82, 2.24) is 4.98 Å². The standard InChI is InChI=1S/C14H15ClFN3/c1-8-5-10(6-9(2)13(8)16)7-18-14-11(17)3-4-12(15)19-14/h3-6H,7,17H2,1-2H3,(H,18,19). The van der Waals surface area contributed by atoms with Gasteiger partial charge in [-0.2, -0.15) is 0 Å². The van der Waals surface area contributed by atoms with E-state index >= 15 is 0 Å². The van der Waals surface area contributed by atoms with Crippen LogP contribution >= 0.6 is 11.6 Å². The molecule has 1 heterocycles. The van der Waals surface area contributed by atoms with E-state index in [2.05, 4.69) is 10.3 Å². The second kappa shape index (κ2) is 5.45. The first kappa shape index (κ1) is 13.6. The molecular formula is C14H15ClFN3. The van der Waals surface area contributed by atoms with Crippen LogP contribution in [0.15, 0.2) is 24.3 Å². The summed E-state index contributed by atoms with van der Waals surface area (Å²) in [4.78, 5) is 4.11. The first-order valence-electron chi connectivity index (χ1n) is 5.89. The number of nitrogen functional groups attached to an aromatic ring is 1. The fraction of sp³-hybridized carbons (Fsp3) is 0.214. The number of pyridine rings is 1. The zero-order chi connectivity index (χ0) is 14.0. The SMILES string of the molecule is Cc1cc(CNc2nc(Cl)ccc2N)cc(C)c1F. The van der Waals surface area contributed by atoms with E-state index in [1.807, 2.05) is 0 Å². The Kier molecular flexibility index (Phi) is 3.90. The van der Waals surface area contributed by atoms with Crippen LogP contribution in [-0.2, 0) is 6.54 Å². The van der Waals surface area contributed by atoms with Gasteiger partial charge in [0.05, 0.1) is 5.69 Å². The zero-order valence-electron chi connectivity index (χ0n) is 10.8. The fourth-order valence-corrected chi connectivity index (χ4v) is 2.06. The number of aryl methyl sites for hydroxylation is 2. The minimum atomic E-state index is -0.163. The Morgan fingerprint density at radius 1 is 1.26 bits per heavy atom. The van der Waals surface area contributed by atoms with E-state index in [0.29, 0.717) is 34.3 Å². The van der Waals surface area contributed by atoms with Crippen LogP contribution in [0.2, 0.25) is 5.15 Å². The summed E-state index contributed by atoms with van der Waals surface area (Å²) in [6.07, 6.45) is 0. The second-order valence-corrected chi connectivity index (χ2v) is 4.86. The van der Waals surface area contributed by atoms with Crippen LogP contribution in [0.1, 0.15) is 16.7 Å². The average Bonchev–Trinajstić information content (AvgIpc) is 2.37. The summed E-state index contributed by atoms with van der Waals surface area (Å²) in [6, 6.07) is 6.93. The zero-order valence-corrected chi connectivity index (χ0v) is 11.6. The van der Waals surface area contributed by atoms with Crippen LogP contribution in [0, 0.1) is 19.7 Å². The van der Waals surface area contributed by atoms with Gasteiger partial charge in [-0.15, -0.1) is 0 Å². The summed E-state index contributed by atoms with van der Waals surface area (Å²) in [5.41, 5.74) is 8.55. The van der Waals surface area contributed by atoms with Crippen LogP contribution in [0.5, 0.6) is 0 Å². The summed E-state index contributed by atoms with van der Waals surface area (Å²) >= 11 is 5.81. The lowest BCUT2D eigenvalue weighted by molar-refractivity contribution is 0.608. The molecule has 0 bridgehead atoms. The first-order chi connectivity index (χ1) is 8.97. The van der Waals surface area contributed by atoms with Gasteiger partial charge >= 0.3 is 0 Å². The number of rotatable bonds is 3. The van der Waals surface area contributed by atoms with Crippen LogP contribution < -0.4 is 11.1 Å². The van der Waals surface area contributed by atoms with Gasteiger partial charge < -0.3 is 11.1 Å². The summed E-state index contributed by atoms with van der Waals surface area (Å²) in [5, 5.41) is 3.48. The number of hydrogen-bond acceptors (Lipinski definition) is 3. The number of anilines is 2. The predicted octanol–water partition coefficient (Wildman–Crippen LogP) is 3.69. The van der Waals surface area contributed by atoms with Gasteiger partial charge in [-0.3, -0.25) is 0 Å². The van der Waals surface area contributed by atoms with Gasteiger partial charge in [-0.05, 0) is 42.7 Å². The second-order valence-electron chi connectivity index (χ2n) is 4.47. The molecule has 0 spiro atoms. The summed E-state index contributed by atoms with van der Waals surface area (Å²) in [6.45, 7) is 4.01. The highest BCUT2D eigenvalue weighted by atomic mass is 35.5. The molecule has 100 valence electrons. The summed E-state index contributed by atoms with van der Waals surface area (Å²) in [5.74, 6) is 0.372. The Morgan fingerprint density at radius 3 is 2.53 bits per heavy atom. The maximum absolute atomic E-state index is 13.5. The maximum Gasteiger partial charge on any atom is 0.151 e. The quantitative estimate of drug-likeness (QED) is 0.843. The van der Waals surface area contributed by atoms with E-state index in [-0.39, 0.29) is 5.82 Å². The molecule has 0 unspecified atom stereocenters. The molecule has 5 heteroatoms. The molecule has 3 nitrogen and oxygen atoms in total. The Hall–Kier alpha value is -1.81. The molecule has 0 fully saturated rings. The van der Waals surface area contributed by atoms with Crippen LogP contribution in [0.25, 0.3) is 0 Å². The highest BCUT2D eigenvalue weighted by molar-refractivity contribution is 6.29. The third-order valence-corrected chi connectivity index (χ3v) is 3.06. The molecule has 0 amide bonds. The molecule has 2 rings (SSSR count). The lowest BCUT2D eigenvalue weighted by Gasteiger charge is -2.10. The van der Waals surface area contributed by atoms with Gasteiger partial charge in [-0.1, -0.05) is 23.7 Å². The normalized spacial score (nSPS) is 10.5. The van der Waals surface area contributed by atoms with Crippen molar-refractivity contribution in [3.8, 4) is 0 Å². The van der Waals surface area contributed by atoms with Gasteiger partial charge in [-0.25, -0.2) is 9.37 Å². The molecule has 3 N–H and O–H groups in total. The lowest BCUT2D eigenvalue weighted by atomic mass is 10.1. The molecule has 0 saturated carbocycles. The maximum atomic E-state index is 13.5. The minimum absolute atomic E-state index is 0.163. The molecule has 0 aliphatic rings.